The van der Waals surface area contributed by atoms with Crippen molar-refractivity contribution in [1.29, 1.82) is 0 Å². The quantitative estimate of drug-likeness (QED) is 0.854. The minimum absolute atomic E-state index is 0.0761. The van der Waals surface area contributed by atoms with E-state index in [1.165, 1.54) is 0 Å². The van der Waals surface area contributed by atoms with Gasteiger partial charge in [-0.3, -0.25) is 9.69 Å². The van der Waals surface area contributed by atoms with Crippen LogP contribution in [0.4, 0.5) is 0 Å². The highest BCUT2D eigenvalue weighted by Crippen LogP contribution is 2.15. The Bertz CT molecular complexity index is 548. The molecule has 0 aliphatic carbocycles. The van der Waals surface area contributed by atoms with Gasteiger partial charge in [-0.1, -0.05) is 30.3 Å². The Balaban J connectivity index is 1.60. The largest absolute Gasteiger partial charge is 0.373 e. The predicted octanol–water partition coefficient (Wildman–Crippen LogP) is 1.73. The van der Waals surface area contributed by atoms with Crippen LogP contribution in [0.5, 0.6) is 0 Å². The smallest absolute Gasteiger partial charge is 0.256 e. The molecular weight excluding hydrogens is 278 g/mol. The highest BCUT2D eigenvalue weighted by Gasteiger charge is 2.27. The Labute approximate surface area is 131 Å². The molecule has 2 heterocycles. The molecular formula is C17H23N3O2. The molecule has 3 rings (SSSR count). The zero-order valence-electron chi connectivity index (χ0n) is 13.2. The van der Waals surface area contributed by atoms with E-state index in [4.69, 9.17) is 4.74 Å². The van der Waals surface area contributed by atoms with E-state index >= 15 is 0 Å². The van der Waals surface area contributed by atoms with E-state index in [0.717, 1.165) is 30.8 Å². The van der Waals surface area contributed by atoms with Gasteiger partial charge < -0.3 is 4.74 Å². The van der Waals surface area contributed by atoms with Gasteiger partial charge in [0.2, 0.25) is 0 Å². The van der Waals surface area contributed by atoms with Gasteiger partial charge in [0.25, 0.3) is 5.91 Å². The van der Waals surface area contributed by atoms with Crippen molar-refractivity contribution in [3.8, 4) is 0 Å². The molecule has 5 nitrogen and oxygen atoms in total. The molecule has 1 aromatic rings. The van der Waals surface area contributed by atoms with Crippen molar-refractivity contribution in [2.45, 2.75) is 32.5 Å². The Morgan fingerprint density at radius 1 is 1.23 bits per heavy atom. The van der Waals surface area contributed by atoms with Gasteiger partial charge >= 0.3 is 0 Å². The van der Waals surface area contributed by atoms with E-state index < -0.39 is 0 Å². The number of hydrazone groups is 1. The molecule has 0 radical (unpaired) electrons. The Hall–Kier alpha value is -1.72. The van der Waals surface area contributed by atoms with E-state index in [2.05, 4.69) is 23.8 Å². The number of ether oxygens (including phenoxy) is 1. The summed E-state index contributed by atoms with van der Waals surface area (Å²) >= 11 is 0. The van der Waals surface area contributed by atoms with Crippen molar-refractivity contribution < 1.29 is 9.53 Å². The standard InChI is InChI=1S/C17H23N3O2/c1-13-10-19(11-14(2)22-13)12-17(21)20-9-8-16(18-20)15-6-4-3-5-7-15/h3-7,13-14H,8-12H2,1-2H3/t13-,14-/m1/s1. The fraction of sp³-hybridized carbons (Fsp3) is 0.529. The van der Waals surface area contributed by atoms with Crippen LogP contribution in [0.3, 0.4) is 0 Å². The summed E-state index contributed by atoms with van der Waals surface area (Å²) in [5, 5.41) is 6.12. The second-order valence-corrected chi connectivity index (χ2v) is 6.13. The SMILES string of the molecule is C[C@@H]1CN(CC(=O)N2CCC(c3ccccc3)=N2)C[C@@H](C)O1. The molecule has 0 unspecified atom stereocenters. The van der Waals surface area contributed by atoms with Crippen molar-refractivity contribution in [3.63, 3.8) is 0 Å². The van der Waals surface area contributed by atoms with Crippen LogP contribution in [-0.4, -0.2) is 59.9 Å². The van der Waals surface area contributed by atoms with Crippen molar-refractivity contribution in [1.82, 2.24) is 9.91 Å². The summed E-state index contributed by atoms with van der Waals surface area (Å²) in [7, 11) is 0. The van der Waals surface area contributed by atoms with Crippen molar-refractivity contribution in [2.75, 3.05) is 26.2 Å². The number of benzene rings is 1. The number of rotatable bonds is 3. The molecule has 0 bridgehead atoms. The third-order valence-corrected chi connectivity index (χ3v) is 4.05. The predicted molar refractivity (Wildman–Crippen MR) is 85.8 cm³/mol. The van der Waals surface area contributed by atoms with Gasteiger partial charge in [-0.15, -0.1) is 0 Å². The van der Waals surface area contributed by atoms with Gasteiger partial charge in [0.05, 0.1) is 31.0 Å². The van der Waals surface area contributed by atoms with Gasteiger partial charge in [-0.05, 0) is 19.4 Å². The lowest BCUT2D eigenvalue weighted by Gasteiger charge is -2.35. The Kier molecular flexibility index (Phi) is 4.55. The second kappa shape index (κ2) is 6.58. The number of carbonyl (C=O) groups is 1. The first-order valence-electron chi connectivity index (χ1n) is 7.93. The molecule has 0 aromatic heterocycles. The molecule has 1 aromatic carbocycles. The minimum Gasteiger partial charge on any atom is -0.373 e. The van der Waals surface area contributed by atoms with E-state index in [1.807, 2.05) is 30.3 Å². The molecule has 2 aliphatic heterocycles. The number of carbonyl (C=O) groups excluding carboxylic acids is 1. The topological polar surface area (TPSA) is 45.1 Å². The number of nitrogens with zero attached hydrogens (tertiary/aromatic N) is 3. The highest BCUT2D eigenvalue weighted by atomic mass is 16.5. The average Bonchev–Trinajstić information content (AvgIpc) is 2.97. The molecule has 118 valence electrons. The van der Waals surface area contributed by atoms with Crippen LogP contribution < -0.4 is 0 Å². The molecule has 1 saturated heterocycles. The molecule has 2 atom stereocenters. The lowest BCUT2D eigenvalue weighted by Crippen LogP contribution is -2.49. The van der Waals surface area contributed by atoms with E-state index in [0.29, 0.717) is 13.1 Å². The lowest BCUT2D eigenvalue weighted by atomic mass is 10.1. The molecule has 0 N–H and O–H groups in total. The first kappa shape index (κ1) is 15.2. The lowest BCUT2D eigenvalue weighted by molar-refractivity contribution is -0.135. The maximum absolute atomic E-state index is 12.4. The van der Waals surface area contributed by atoms with Crippen LogP contribution in [0.1, 0.15) is 25.8 Å². The monoisotopic (exact) mass is 301 g/mol. The fourth-order valence-corrected chi connectivity index (χ4v) is 3.16. The van der Waals surface area contributed by atoms with Crippen LogP contribution in [-0.2, 0) is 9.53 Å². The van der Waals surface area contributed by atoms with Crippen molar-refractivity contribution in [3.05, 3.63) is 35.9 Å². The summed E-state index contributed by atoms with van der Waals surface area (Å²) in [5.74, 6) is 0.0761. The summed E-state index contributed by atoms with van der Waals surface area (Å²) in [6, 6.07) is 10.1. The van der Waals surface area contributed by atoms with Gasteiger partial charge in [0, 0.05) is 19.5 Å². The Morgan fingerprint density at radius 3 is 2.59 bits per heavy atom. The molecule has 2 aliphatic rings. The van der Waals surface area contributed by atoms with Crippen molar-refractivity contribution >= 4 is 11.6 Å². The van der Waals surface area contributed by atoms with Gasteiger partial charge in [0.1, 0.15) is 0 Å². The zero-order valence-corrected chi connectivity index (χ0v) is 13.2. The summed E-state index contributed by atoms with van der Waals surface area (Å²) in [5.41, 5.74) is 2.10. The third kappa shape index (κ3) is 3.54. The number of morpholine rings is 1. The second-order valence-electron chi connectivity index (χ2n) is 6.13. The number of hydrogen-bond donors (Lipinski definition) is 0. The normalized spacial score (nSPS) is 26.1. The highest BCUT2D eigenvalue weighted by molar-refractivity contribution is 6.02. The summed E-state index contributed by atoms with van der Waals surface area (Å²) in [4.78, 5) is 14.6. The van der Waals surface area contributed by atoms with E-state index in [9.17, 15) is 4.79 Å². The molecule has 0 saturated carbocycles. The fourth-order valence-electron chi connectivity index (χ4n) is 3.16. The van der Waals surface area contributed by atoms with Crippen LogP contribution in [0.2, 0.25) is 0 Å². The van der Waals surface area contributed by atoms with Crippen molar-refractivity contribution in [2.24, 2.45) is 5.10 Å². The zero-order chi connectivity index (χ0) is 15.5. The third-order valence-electron chi connectivity index (χ3n) is 4.05. The maximum atomic E-state index is 12.4. The molecule has 1 amide bonds. The molecule has 0 spiro atoms. The molecule has 22 heavy (non-hydrogen) atoms. The maximum Gasteiger partial charge on any atom is 0.256 e. The van der Waals surface area contributed by atoms with Crippen LogP contribution in [0, 0.1) is 0 Å². The van der Waals surface area contributed by atoms with Gasteiger partial charge in [0.15, 0.2) is 0 Å². The number of hydrogen-bond acceptors (Lipinski definition) is 4. The summed E-state index contributed by atoms with van der Waals surface area (Å²) in [6.07, 6.45) is 1.18. The number of amides is 1. The summed E-state index contributed by atoms with van der Waals surface area (Å²) in [6.45, 7) is 6.81. The minimum atomic E-state index is 0.0761. The molecule has 1 fully saturated rings. The first-order valence-corrected chi connectivity index (χ1v) is 7.93. The van der Waals surface area contributed by atoms with Crippen LogP contribution in [0.15, 0.2) is 35.4 Å². The Morgan fingerprint density at radius 2 is 1.91 bits per heavy atom. The van der Waals surface area contributed by atoms with Gasteiger partial charge in [-0.25, -0.2) is 5.01 Å². The van der Waals surface area contributed by atoms with E-state index in [1.54, 1.807) is 5.01 Å². The average molecular weight is 301 g/mol. The van der Waals surface area contributed by atoms with Crippen LogP contribution >= 0.6 is 0 Å². The molecule has 5 heteroatoms. The summed E-state index contributed by atoms with van der Waals surface area (Å²) < 4.78 is 5.70. The van der Waals surface area contributed by atoms with Crippen LogP contribution in [0.25, 0.3) is 0 Å². The first-order chi connectivity index (χ1) is 10.6. The van der Waals surface area contributed by atoms with E-state index in [-0.39, 0.29) is 18.1 Å². The van der Waals surface area contributed by atoms with Gasteiger partial charge in [-0.2, -0.15) is 5.10 Å².